The maximum Gasteiger partial charge on any atom is 0.255 e. The van der Waals surface area contributed by atoms with Gasteiger partial charge in [-0.2, -0.15) is 0 Å². The number of unbranched alkanes of at least 4 members (excludes halogenated alkanes) is 2. The number of methoxy groups -OCH3 is 1. The average Bonchev–Trinajstić information content (AvgIpc) is 2.39. The van der Waals surface area contributed by atoms with Crippen LogP contribution in [0.3, 0.4) is 0 Å². The van der Waals surface area contributed by atoms with Crippen molar-refractivity contribution in [1.82, 2.24) is 5.32 Å². The zero-order valence-corrected chi connectivity index (χ0v) is 10.5. The Morgan fingerprint density at radius 1 is 1.33 bits per heavy atom. The number of amides is 1. The predicted molar refractivity (Wildman–Crippen MR) is 67.9 cm³/mol. The standard InChI is InChI=1S/C13H19NO4/c1-18-10-5-6-12(16)11(9-10)13(17)14-7-3-2-4-8-15/h5-6,9,15-16H,2-4,7-8H2,1H3,(H,14,17). The summed E-state index contributed by atoms with van der Waals surface area (Å²) in [7, 11) is 1.50. The van der Waals surface area contributed by atoms with Crippen LogP contribution in [0.25, 0.3) is 0 Å². The number of aliphatic hydroxyl groups is 1. The topological polar surface area (TPSA) is 78.8 Å². The van der Waals surface area contributed by atoms with E-state index >= 15 is 0 Å². The van der Waals surface area contributed by atoms with Crippen molar-refractivity contribution in [3.8, 4) is 11.5 Å². The van der Waals surface area contributed by atoms with Gasteiger partial charge in [0.05, 0.1) is 12.7 Å². The van der Waals surface area contributed by atoms with Crippen molar-refractivity contribution in [2.24, 2.45) is 0 Å². The summed E-state index contributed by atoms with van der Waals surface area (Å²) >= 11 is 0. The number of aromatic hydroxyl groups is 1. The summed E-state index contributed by atoms with van der Waals surface area (Å²) in [5.41, 5.74) is 0.205. The van der Waals surface area contributed by atoms with E-state index in [2.05, 4.69) is 5.32 Å². The highest BCUT2D eigenvalue weighted by molar-refractivity contribution is 5.97. The minimum absolute atomic E-state index is 0.0661. The average molecular weight is 253 g/mol. The van der Waals surface area contributed by atoms with Crippen LogP contribution < -0.4 is 10.1 Å². The summed E-state index contributed by atoms with van der Waals surface area (Å²) in [6.45, 7) is 0.695. The highest BCUT2D eigenvalue weighted by Gasteiger charge is 2.11. The third-order valence-electron chi connectivity index (χ3n) is 2.57. The van der Waals surface area contributed by atoms with Gasteiger partial charge in [-0.25, -0.2) is 0 Å². The lowest BCUT2D eigenvalue weighted by molar-refractivity contribution is 0.0950. The Morgan fingerprint density at radius 2 is 2.11 bits per heavy atom. The molecular formula is C13H19NO4. The number of nitrogens with one attached hydrogen (secondary N) is 1. The maximum atomic E-state index is 11.8. The van der Waals surface area contributed by atoms with Crippen LogP contribution in [-0.2, 0) is 0 Å². The van der Waals surface area contributed by atoms with Crippen molar-refractivity contribution in [3.05, 3.63) is 23.8 Å². The van der Waals surface area contributed by atoms with E-state index in [1.807, 2.05) is 0 Å². The zero-order chi connectivity index (χ0) is 13.4. The van der Waals surface area contributed by atoms with Crippen molar-refractivity contribution in [1.29, 1.82) is 0 Å². The van der Waals surface area contributed by atoms with E-state index in [1.165, 1.54) is 19.2 Å². The lowest BCUT2D eigenvalue weighted by atomic mass is 10.1. The van der Waals surface area contributed by atoms with Crippen LogP contribution in [0.5, 0.6) is 11.5 Å². The quantitative estimate of drug-likeness (QED) is 0.640. The SMILES string of the molecule is COc1ccc(O)c(C(=O)NCCCCCO)c1. The minimum Gasteiger partial charge on any atom is -0.507 e. The van der Waals surface area contributed by atoms with Crippen molar-refractivity contribution in [3.63, 3.8) is 0 Å². The molecule has 0 spiro atoms. The van der Waals surface area contributed by atoms with E-state index < -0.39 is 0 Å². The fraction of sp³-hybridized carbons (Fsp3) is 0.462. The van der Waals surface area contributed by atoms with E-state index in [4.69, 9.17) is 9.84 Å². The molecule has 0 fully saturated rings. The summed E-state index contributed by atoms with van der Waals surface area (Å²) in [6.07, 6.45) is 2.40. The highest BCUT2D eigenvalue weighted by Crippen LogP contribution is 2.22. The van der Waals surface area contributed by atoms with E-state index in [9.17, 15) is 9.90 Å². The second-order valence-electron chi connectivity index (χ2n) is 3.92. The van der Waals surface area contributed by atoms with Crippen LogP contribution in [0.1, 0.15) is 29.6 Å². The van der Waals surface area contributed by atoms with Gasteiger partial charge in [0.15, 0.2) is 0 Å². The normalized spacial score (nSPS) is 10.1. The van der Waals surface area contributed by atoms with Crippen LogP contribution in [-0.4, -0.2) is 36.4 Å². The Labute approximate surface area is 106 Å². The van der Waals surface area contributed by atoms with E-state index in [0.717, 1.165) is 19.3 Å². The number of ether oxygens (including phenoxy) is 1. The molecule has 0 atom stereocenters. The van der Waals surface area contributed by atoms with E-state index in [0.29, 0.717) is 12.3 Å². The van der Waals surface area contributed by atoms with E-state index in [-0.39, 0.29) is 23.8 Å². The van der Waals surface area contributed by atoms with Crippen molar-refractivity contribution >= 4 is 5.91 Å². The number of carbonyl (C=O) groups excluding carboxylic acids is 1. The van der Waals surface area contributed by atoms with Crippen LogP contribution in [0.2, 0.25) is 0 Å². The second-order valence-corrected chi connectivity index (χ2v) is 3.92. The summed E-state index contributed by atoms with van der Waals surface area (Å²) in [4.78, 5) is 11.8. The van der Waals surface area contributed by atoms with Gasteiger partial charge in [-0.05, 0) is 37.5 Å². The fourth-order valence-corrected chi connectivity index (χ4v) is 1.53. The number of benzene rings is 1. The molecule has 0 heterocycles. The summed E-state index contributed by atoms with van der Waals surface area (Å²) in [6, 6.07) is 4.52. The van der Waals surface area contributed by atoms with Crippen molar-refractivity contribution in [2.75, 3.05) is 20.3 Å². The molecule has 1 amide bonds. The Hall–Kier alpha value is -1.75. The Kier molecular flexibility index (Phi) is 6.00. The first-order valence-corrected chi connectivity index (χ1v) is 5.95. The van der Waals surface area contributed by atoms with Gasteiger partial charge in [0.1, 0.15) is 11.5 Å². The lowest BCUT2D eigenvalue weighted by Gasteiger charge is -2.08. The number of aliphatic hydroxyl groups excluding tert-OH is 1. The Morgan fingerprint density at radius 3 is 2.78 bits per heavy atom. The number of phenolic OH excluding ortho intramolecular Hbond substituents is 1. The Balaban J connectivity index is 2.50. The van der Waals surface area contributed by atoms with Crippen molar-refractivity contribution < 1.29 is 19.7 Å². The molecule has 0 radical (unpaired) electrons. The van der Waals surface area contributed by atoms with Gasteiger partial charge >= 0.3 is 0 Å². The molecule has 1 aromatic rings. The number of phenols is 1. The largest absolute Gasteiger partial charge is 0.507 e. The number of rotatable bonds is 7. The van der Waals surface area contributed by atoms with Crippen LogP contribution >= 0.6 is 0 Å². The third-order valence-corrected chi connectivity index (χ3v) is 2.57. The predicted octanol–water partition coefficient (Wildman–Crippen LogP) is 1.29. The zero-order valence-electron chi connectivity index (χ0n) is 10.5. The molecule has 0 bridgehead atoms. The summed E-state index contributed by atoms with van der Waals surface area (Å²) in [5.74, 6) is 0.136. The van der Waals surface area contributed by atoms with Gasteiger partial charge in [-0.1, -0.05) is 0 Å². The second kappa shape index (κ2) is 7.55. The van der Waals surface area contributed by atoms with Crippen molar-refractivity contribution in [2.45, 2.75) is 19.3 Å². The molecule has 18 heavy (non-hydrogen) atoms. The molecule has 0 saturated carbocycles. The summed E-state index contributed by atoms with van der Waals surface area (Å²) < 4.78 is 5.00. The summed E-state index contributed by atoms with van der Waals surface area (Å²) in [5, 5.41) is 20.9. The molecule has 1 rings (SSSR count). The van der Waals surface area contributed by atoms with Gasteiger partial charge in [0, 0.05) is 13.2 Å². The molecule has 0 aromatic heterocycles. The molecule has 0 saturated heterocycles. The van der Waals surface area contributed by atoms with Crippen LogP contribution in [0, 0.1) is 0 Å². The first-order chi connectivity index (χ1) is 8.69. The molecule has 0 aliphatic heterocycles. The Bertz CT molecular complexity index is 393. The molecule has 5 heteroatoms. The molecule has 0 aliphatic carbocycles. The van der Waals surface area contributed by atoms with Gasteiger partial charge in [0.2, 0.25) is 0 Å². The fourth-order valence-electron chi connectivity index (χ4n) is 1.53. The van der Waals surface area contributed by atoms with Gasteiger partial charge in [-0.3, -0.25) is 4.79 Å². The monoisotopic (exact) mass is 253 g/mol. The van der Waals surface area contributed by atoms with Gasteiger partial charge in [0.25, 0.3) is 5.91 Å². The number of carbonyl (C=O) groups is 1. The molecular weight excluding hydrogens is 234 g/mol. The number of hydrogen-bond donors (Lipinski definition) is 3. The van der Waals surface area contributed by atoms with E-state index in [1.54, 1.807) is 6.07 Å². The lowest BCUT2D eigenvalue weighted by Crippen LogP contribution is -2.24. The first kappa shape index (κ1) is 14.3. The first-order valence-electron chi connectivity index (χ1n) is 5.95. The molecule has 0 unspecified atom stereocenters. The molecule has 1 aromatic carbocycles. The van der Waals surface area contributed by atoms with Crippen LogP contribution in [0.4, 0.5) is 0 Å². The number of hydrogen-bond acceptors (Lipinski definition) is 4. The molecule has 100 valence electrons. The molecule has 0 aliphatic rings. The van der Waals surface area contributed by atoms with Gasteiger partial charge < -0.3 is 20.3 Å². The third kappa shape index (κ3) is 4.25. The maximum absolute atomic E-state index is 11.8. The minimum atomic E-state index is -0.324. The highest BCUT2D eigenvalue weighted by atomic mass is 16.5. The smallest absolute Gasteiger partial charge is 0.255 e. The molecule has 5 nitrogen and oxygen atoms in total. The van der Waals surface area contributed by atoms with Crippen LogP contribution in [0.15, 0.2) is 18.2 Å². The molecule has 3 N–H and O–H groups in total. The van der Waals surface area contributed by atoms with Gasteiger partial charge in [-0.15, -0.1) is 0 Å².